The second-order valence-corrected chi connectivity index (χ2v) is 6.19. The molecular weight excluding hydrogens is 244 g/mol. The lowest BCUT2D eigenvalue weighted by molar-refractivity contribution is -0.150. The Morgan fingerprint density at radius 2 is 2.05 bits per heavy atom. The molecule has 0 saturated carbocycles. The average molecular weight is 268 g/mol. The quantitative estimate of drug-likeness (QED) is 0.835. The van der Waals surface area contributed by atoms with Gasteiger partial charge in [0.05, 0.1) is 6.54 Å². The highest BCUT2D eigenvalue weighted by Crippen LogP contribution is 2.29. The Kier molecular flexibility index (Phi) is 4.13. The van der Waals surface area contributed by atoms with Crippen molar-refractivity contribution >= 4 is 11.9 Å². The number of hydrogen-bond donors (Lipinski definition) is 1. The summed E-state index contributed by atoms with van der Waals surface area (Å²) in [5, 5.41) is 9.34. The first-order valence-electron chi connectivity index (χ1n) is 7.19. The van der Waals surface area contributed by atoms with Gasteiger partial charge in [-0.2, -0.15) is 0 Å². The first kappa shape index (κ1) is 14.3. The van der Waals surface area contributed by atoms with E-state index in [1.807, 2.05) is 9.80 Å². The zero-order valence-electron chi connectivity index (χ0n) is 11.9. The first-order valence-corrected chi connectivity index (χ1v) is 7.19. The zero-order chi connectivity index (χ0) is 14.0. The average Bonchev–Trinajstić information content (AvgIpc) is 2.72. The summed E-state index contributed by atoms with van der Waals surface area (Å²) in [6.07, 6.45) is 3.72. The third-order valence-electron chi connectivity index (χ3n) is 4.59. The maximum absolute atomic E-state index is 12.3. The Morgan fingerprint density at radius 3 is 2.68 bits per heavy atom. The number of hydrogen-bond acceptors (Lipinski definition) is 3. The number of amides is 1. The van der Waals surface area contributed by atoms with Gasteiger partial charge in [-0.05, 0) is 45.1 Å². The Balaban J connectivity index is 1.96. The fourth-order valence-electron chi connectivity index (χ4n) is 3.19. The topological polar surface area (TPSA) is 60.9 Å². The number of piperidine rings is 1. The van der Waals surface area contributed by atoms with Crippen molar-refractivity contribution in [1.29, 1.82) is 0 Å². The van der Waals surface area contributed by atoms with Gasteiger partial charge < -0.3 is 10.0 Å². The van der Waals surface area contributed by atoms with Crippen LogP contribution in [-0.2, 0) is 9.59 Å². The smallest absolute Gasteiger partial charge is 0.323 e. The number of aliphatic carboxylic acids is 1. The van der Waals surface area contributed by atoms with Crippen LogP contribution in [0.2, 0.25) is 0 Å². The van der Waals surface area contributed by atoms with Crippen molar-refractivity contribution in [2.24, 2.45) is 5.92 Å². The highest BCUT2D eigenvalue weighted by Gasteiger charge is 2.44. The van der Waals surface area contributed by atoms with E-state index < -0.39 is 11.5 Å². The fraction of sp³-hybridized carbons (Fsp3) is 0.857. The minimum atomic E-state index is -0.864. The molecule has 19 heavy (non-hydrogen) atoms. The number of likely N-dealkylation sites (tertiary alicyclic amines) is 2. The Labute approximate surface area is 114 Å². The normalized spacial score (nSPS) is 32.5. The molecule has 2 fully saturated rings. The van der Waals surface area contributed by atoms with Gasteiger partial charge in [-0.1, -0.05) is 6.92 Å². The molecule has 5 nitrogen and oxygen atoms in total. The third kappa shape index (κ3) is 2.91. The molecule has 0 spiro atoms. The van der Waals surface area contributed by atoms with Gasteiger partial charge in [0.25, 0.3) is 0 Å². The lowest BCUT2D eigenvalue weighted by Crippen LogP contribution is -2.53. The Hall–Kier alpha value is -1.10. The van der Waals surface area contributed by atoms with Crippen LogP contribution in [0, 0.1) is 5.92 Å². The van der Waals surface area contributed by atoms with Crippen molar-refractivity contribution in [2.45, 2.75) is 45.1 Å². The maximum atomic E-state index is 12.3. The van der Waals surface area contributed by atoms with Crippen molar-refractivity contribution in [3.05, 3.63) is 0 Å². The van der Waals surface area contributed by atoms with E-state index in [2.05, 4.69) is 6.92 Å². The van der Waals surface area contributed by atoms with Crippen LogP contribution in [0.15, 0.2) is 0 Å². The van der Waals surface area contributed by atoms with E-state index in [1.54, 1.807) is 6.92 Å². The van der Waals surface area contributed by atoms with Crippen molar-refractivity contribution < 1.29 is 14.7 Å². The molecule has 2 heterocycles. The molecule has 2 aliphatic rings. The molecule has 0 aromatic heterocycles. The molecule has 0 aromatic carbocycles. The van der Waals surface area contributed by atoms with Crippen LogP contribution < -0.4 is 0 Å². The Morgan fingerprint density at radius 1 is 1.32 bits per heavy atom. The minimum absolute atomic E-state index is 0.0842. The lowest BCUT2D eigenvalue weighted by Gasteiger charge is -2.35. The predicted molar refractivity (Wildman–Crippen MR) is 71.8 cm³/mol. The number of carbonyl (C=O) groups is 2. The highest BCUT2D eigenvalue weighted by atomic mass is 16.4. The molecule has 5 heteroatoms. The summed E-state index contributed by atoms with van der Waals surface area (Å²) in [5.74, 6) is -0.173. The number of carboxylic acid groups (broad SMARTS) is 1. The van der Waals surface area contributed by atoms with Crippen LogP contribution in [0.3, 0.4) is 0 Å². The summed E-state index contributed by atoms with van der Waals surface area (Å²) in [4.78, 5) is 27.4. The molecule has 2 atom stereocenters. The summed E-state index contributed by atoms with van der Waals surface area (Å²) in [5.41, 5.74) is -0.864. The van der Waals surface area contributed by atoms with Crippen LogP contribution in [0.25, 0.3) is 0 Å². The molecule has 0 aliphatic carbocycles. The zero-order valence-corrected chi connectivity index (χ0v) is 11.9. The molecule has 108 valence electrons. The molecule has 2 saturated heterocycles. The fourth-order valence-corrected chi connectivity index (χ4v) is 3.19. The number of carbonyl (C=O) groups excluding carboxylic acids is 1. The van der Waals surface area contributed by atoms with E-state index >= 15 is 0 Å². The van der Waals surface area contributed by atoms with Gasteiger partial charge in [-0.3, -0.25) is 14.5 Å². The van der Waals surface area contributed by atoms with Crippen molar-refractivity contribution in [3.8, 4) is 0 Å². The van der Waals surface area contributed by atoms with Crippen molar-refractivity contribution in [3.63, 3.8) is 0 Å². The van der Waals surface area contributed by atoms with E-state index in [1.165, 1.54) is 6.42 Å². The van der Waals surface area contributed by atoms with Crippen LogP contribution >= 0.6 is 0 Å². The minimum Gasteiger partial charge on any atom is -0.480 e. The third-order valence-corrected chi connectivity index (χ3v) is 4.59. The molecule has 1 amide bonds. The largest absolute Gasteiger partial charge is 0.480 e. The number of rotatable bonds is 3. The monoisotopic (exact) mass is 268 g/mol. The molecule has 0 aromatic rings. The maximum Gasteiger partial charge on any atom is 0.323 e. The summed E-state index contributed by atoms with van der Waals surface area (Å²) < 4.78 is 0. The predicted octanol–water partition coefficient (Wildman–Crippen LogP) is 1.18. The highest BCUT2D eigenvalue weighted by molar-refractivity contribution is 5.82. The van der Waals surface area contributed by atoms with E-state index in [-0.39, 0.29) is 12.5 Å². The van der Waals surface area contributed by atoms with Gasteiger partial charge in [0.15, 0.2) is 0 Å². The van der Waals surface area contributed by atoms with Gasteiger partial charge in [-0.15, -0.1) is 0 Å². The molecule has 2 unspecified atom stereocenters. The number of nitrogens with zero attached hydrogens (tertiary/aromatic N) is 2. The van der Waals surface area contributed by atoms with E-state index in [4.69, 9.17) is 0 Å². The molecule has 0 bridgehead atoms. The first-order chi connectivity index (χ1) is 8.93. The van der Waals surface area contributed by atoms with E-state index in [0.29, 0.717) is 18.9 Å². The molecular formula is C14H24N2O3. The van der Waals surface area contributed by atoms with Crippen LogP contribution in [0.1, 0.15) is 39.5 Å². The Bertz CT molecular complexity index is 372. The van der Waals surface area contributed by atoms with E-state index in [9.17, 15) is 14.7 Å². The molecule has 2 rings (SSSR count). The summed E-state index contributed by atoms with van der Waals surface area (Å²) in [7, 11) is 0. The van der Waals surface area contributed by atoms with Crippen molar-refractivity contribution in [1.82, 2.24) is 9.80 Å². The second-order valence-electron chi connectivity index (χ2n) is 6.19. The van der Waals surface area contributed by atoms with Crippen molar-refractivity contribution in [2.75, 3.05) is 26.2 Å². The summed E-state index contributed by atoms with van der Waals surface area (Å²) >= 11 is 0. The van der Waals surface area contributed by atoms with E-state index in [0.717, 1.165) is 25.9 Å². The van der Waals surface area contributed by atoms with Crippen LogP contribution in [-0.4, -0.2) is 58.5 Å². The molecule has 0 radical (unpaired) electrons. The summed E-state index contributed by atoms with van der Waals surface area (Å²) in [6.45, 7) is 6.48. The van der Waals surface area contributed by atoms with Crippen LogP contribution in [0.4, 0.5) is 0 Å². The van der Waals surface area contributed by atoms with Gasteiger partial charge in [-0.25, -0.2) is 0 Å². The molecule has 1 N–H and O–H groups in total. The number of carboxylic acids is 1. The van der Waals surface area contributed by atoms with Gasteiger partial charge >= 0.3 is 5.97 Å². The summed E-state index contributed by atoms with van der Waals surface area (Å²) in [6, 6.07) is 0. The standard InChI is InChI=1S/C14H24N2O3/c1-11-5-3-7-15(9-11)12(17)10-16-8-4-6-14(16,2)13(18)19/h11H,3-10H2,1-2H3,(H,18,19). The van der Waals surface area contributed by atoms with Gasteiger partial charge in [0.1, 0.15) is 5.54 Å². The van der Waals surface area contributed by atoms with Gasteiger partial charge in [0, 0.05) is 13.1 Å². The lowest BCUT2D eigenvalue weighted by atomic mass is 9.98. The SMILES string of the molecule is CC1CCCN(C(=O)CN2CCCC2(C)C(=O)O)C1. The second kappa shape index (κ2) is 5.49. The molecule has 2 aliphatic heterocycles. The van der Waals surface area contributed by atoms with Crippen LogP contribution in [0.5, 0.6) is 0 Å². The van der Waals surface area contributed by atoms with Gasteiger partial charge in [0.2, 0.25) is 5.91 Å².